The van der Waals surface area contributed by atoms with E-state index >= 15 is 0 Å². The summed E-state index contributed by atoms with van der Waals surface area (Å²) in [4.78, 5) is 27.8. The molecule has 2 unspecified atom stereocenters. The van der Waals surface area contributed by atoms with Crippen LogP contribution >= 0.6 is 0 Å². The van der Waals surface area contributed by atoms with Crippen LogP contribution in [0.1, 0.15) is 40.0 Å². The summed E-state index contributed by atoms with van der Waals surface area (Å²) in [6.07, 6.45) is 1.24. The molecule has 2 fully saturated rings. The lowest BCUT2D eigenvalue weighted by Crippen LogP contribution is -2.48. The van der Waals surface area contributed by atoms with Crippen molar-refractivity contribution in [2.45, 2.75) is 57.8 Å². The standard InChI is InChI=1S/C14H24N2O4/c1-14(2,3)20-13(19)16-7-4-5-11(16)12(18)15-8-6-10(17)9-15/h10-11,17H,4-9H2,1-3H3. The number of hydrogen-bond acceptors (Lipinski definition) is 4. The molecule has 114 valence electrons. The molecule has 2 saturated heterocycles. The van der Waals surface area contributed by atoms with Gasteiger partial charge < -0.3 is 14.7 Å². The summed E-state index contributed by atoms with van der Waals surface area (Å²) in [7, 11) is 0. The topological polar surface area (TPSA) is 70.1 Å². The Morgan fingerprint density at radius 2 is 1.90 bits per heavy atom. The van der Waals surface area contributed by atoms with Crippen LogP contribution in [0.5, 0.6) is 0 Å². The molecule has 2 amide bonds. The first-order valence-electron chi connectivity index (χ1n) is 7.24. The van der Waals surface area contributed by atoms with E-state index < -0.39 is 23.8 Å². The van der Waals surface area contributed by atoms with E-state index in [4.69, 9.17) is 4.74 Å². The monoisotopic (exact) mass is 284 g/mol. The third-order valence-electron chi connectivity index (χ3n) is 3.64. The van der Waals surface area contributed by atoms with Crippen molar-refractivity contribution in [3.8, 4) is 0 Å². The van der Waals surface area contributed by atoms with Crippen molar-refractivity contribution in [3.05, 3.63) is 0 Å². The first-order chi connectivity index (χ1) is 9.28. The first-order valence-corrected chi connectivity index (χ1v) is 7.24. The highest BCUT2D eigenvalue weighted by molar-refractivity contribution is 5.86. The minimum absolute atomic E-state index is 0.0649. The molecule has 6 heteroatoms. The predicted octanol–water partition coefficient (Wildman–Crippen LogP) is 0.979. The number of hydrogen-bond donors (Lipinski definition) is 1. The normalized spacial score (nSPS) is 27.0. The summed E-state index contributed by atoms with van der Waals surface area (Å²) in [5.74, 6) is -0.0649. The van der Waals surface area contributed by atoms with Crippen molar-refractivity contribution in [2.75, 3.05) is 19.6 Å². The molecular weight excluding hydrogens is 260 g/mol. The van der Waals surface area contributed by atoms with E-state index in [1.165, 1.54) is 4.90 Å². The number of likely N-dealkylation sites (tertiary alicyclic amines) is 2. The average Bonchev–Trinajstić information content (AvgIpc) is 2.93. The van der Waals surface area contributed by atoms with Gasteiger partial charge in [0.25, 0.3) is 0 Å². The Balaban J connectivity index is 2.00. The minimum atomic E-state index is -0.558. The Labute approximate surface area is 119 Å². The van der Waals surface area contributed by atoms with Crippen LogP contribution in [0.3, 0.4) is 0 Å². The zero-order chi connectivity index (χ0) is 14.9. The van der Waals surface area contributed by atoms with E-state index in [2.05, 4.69) is 0 Å². The number of rotatable bonds is 1. The van der Waals surface area contributed by atoms with Gasteiger partial charge in [0.1, 0.15) is 11.6 Å². The van der Waals surface area contributed by atoms with Crippen molar-refractivity contribution >= 4 is 12.0 Å². The fourth-order valence-corrected chi connectivity index (χ4v) is 2.72. The molecule has 0 spiro atoms. The fraction of sp³-hybridized carbons (Fsp3) is 0.857. The van der Waals surface area contributed by atoms with E-state index in [9.17, 15) is 14.7 Å². The van der Waals surface area contributed by atoms with Crippen molar-refractivity contribution in [1.29, 1.82) is 0 Å². The van der Waals surface area contributed by atoms with Gasteiger partial charge in [0.05, 0.1) is 6.10 Å². The van der Waals surface area contributed by atoms with Gasteiger partial charge >= 0.3 is 6.09 Å². The van der Waals surface area contributed by atoms with E-state index in [-0.39, 0.29) is 5.91 Å². The number of ether oxygens (including phenoxy) is 1. The van der Waals surface area contributed by atoms with Crippen LogP contribution in [-0.4, -0.2) is 64.3 Å². The van der Waals surface area contributed by atoms with Crippen LogP contribution in [0.15, 0.2) is 0 Å². The molecule has 0 bridgehead atoms. The molecular formula is C14H24N2O4. The smallest absolute Gasteiger partial charge is 0.410 e. The van der Waals surface area contributed by atoms with Gasteiger partial charge in [-0.05, 0) is 40.0 Å². The molecule has 6 nitrogen and oxygen atoms in total. The number of aliphatic hydroxyl groups is 1. The SMILES string of the molecule is CC(C)(C)OC(=O)N1CCCC1C(=O)N1CCC(O)C1. The summed E-state index contributed by atoms with van der Waals surface area (Å²) in [6, 6.07) is -0.435. The van der Waals surface area contributed by atoms with Crippen LogP contribution < -0.4 is 0 Å². The third kappa shape index (κ3) is 3.42. The first kappa shape index (κ1) is 15.1. The molecule has 0 aliphatic carbocycles. The van der Waals surface area contributed by atoms with Crippen molar-refractivity contribution in [2.24, 2.45) is 0 Å². The lowest BCUT2D eigenvalue weighted by atomic mass is 10.2. The van der Waals surface area contributed by atoms with Gasteiger partial charge in [0.15, 0.2) is 0 Å². The number of β-amino-alcohol motifs (C(OH)–C–C–N with tert-alkyl or cyclic N) is 1. The van der Waals surface area contributed by atoms with E-state index in [1.807, 2.05) is 20.8 Å². The van der Waals surface area contributed by atoms with E-state index in [1.54, 1.807) is 4.90 Å². The van der Waals surface area contributed by atoms with E-state index in [0.29, 0.717) is 32.5 Å². The summed E-state index contributed by atoms with van der Waals surface area (Å²) >= 11 is 0. The summed E-state index contributed by atoms with van der Waals surface area (Å²) in [5, 5.41) is 9.52. The number of carbonyl (C=O) groups excluding carboxylic acids is 2. The molecule has 2 atom stereocenters. The molecule has 0 saturated carbocycles. The molecule has 2 aliphatic rings. The average molecular weight is 284 g/mol. The minimum Gasteiger partial charge on any atom is -0.444 e. The van der Waals surface area contributed by atoms with Gasteiger partial charge in [-0.3, -0.25) is 9.69 Å². The van der Waals surface area contributed by atoms with Crippen molar-refractivity contribution in [3.63, 3.8) is 0 Å². The van der Waals surface area contributed by atoms with Gasteiger partial charge in [-0.15, -0.1) is 0 Å². The molecule has 2 rings (SSSR count). The Morgan fingerprint density at radius 3 is 2.45 bits per heavy atom. The zero-order valence-corrected chi connectivity index (χ0v) is 12.5. The highest BCUT2D eigenvalue weighted by atomic mass is 16.6. The zero-order valence-electron chi connectivity index (χ0n) is 12.5. The van der Waals surface area contributed by atoms with Gasteiger partial charge in [-0.1, -0.05) is 0 Å². The Bertz CT molecular complexity index is 391. The van der Waals surface area contributed by atoms with Gasteiger partial charge in [0, 0.05) is 19.6 Å². The number of aliphatic hydroxyl groups excluding tert-OH is 1. The van der Waals surface area contributed by atoms with Crippen LogP contribution in [0.25, 0.3) is 0 Å². The molecule has 0 radical (unpaired) electrons. The Hall–Kier alpha value is -1.30. The molecule has 1 N–H and O–H groups in total. The second-order valence-electron chi connectivity index (χ2n) is 6.56. The highest BCUT2D eigenvalue weighted by Gasteiger charge is 2.40. The van der Waals surface area contributed by atoms with Crippen LogP contribution in [-0.2, 0) is 9.53 Å². The maximum absolute atomic E-state index is 12.4. The molecule has 0 aromatic carbocycles. The van der Waals surface area contributed by atoms with Gasteiger partial charge in [-0.2, -0.15) is 0 Å². The Kier molecular flexibility index (Phi) is 4.22. The summed E-state index contributed by atoms with van der Waals surface area (Å²) in [5.41, 5.74) is -0.558. The molecule has 0 aromatic heterocycles. The second-order valence-corrected chi connectivity index (χ2v) is 6.56. The molecule has 20 heavy (non-hydrogen) atoms. The lowest BCUT2D eigenvalue weighted by Gasteiger charge is -2.30. The third-order valence-corrected chi connectivity index (χ3v) is 3.64. The largest absolute Gasteiger partial charge is 0.444 e. The number of amides is 2. The number of carbonyl (C=O) groups is 2. The molecule has 2 aliphatic heterocycles. The quantitative estimate of drug-likeness (QED) is 0.779. The maximum atomic E-state index is 12.4. The van der Waals surface area contributed by atoms with Crippen LogP contribution in [0.2, 0.25) is 0 Å². The van der Waals surface area contributed by atoms with Crippen molar-refractivity contribution < 1.29 is 19.4 Å². The summed E-state index contributed by atoms with van der Waals surface area (Å²) < 4.78 is 5.35. The van der Waals surface area contributed by atoms with Crippen molar-refractivity contribution in [1.82, 2.24) is 9.80 Å². The summed E-state index contributed by atoms with van der Waals surface area (Å²) in [6.45, 7) is 6.94. The molecule has 0 aromatic rings. The van der Waals surface area contributed by atoms with E-state index in [0.717, 1.165) is 6.42 Å². The highest BCUT2D eigenvalue weighted by Crippen LogP contribution is 2.24. The maximum Gasteiger partial charge on any atom is 0.410 e. The predicted molar refractivity (Wildman–Crippen MR) is 73.2 cm³/mol. The lowest BCUT2D eigenvalue weighted by molar-refractivity contribution is -0.135. The van der Waals surface area contributed by atoms with Crippen LogP contribution in [0.4, 0.5) is 4.79 Å². The van der Waals surface area contributed by atoms with Gasteiger partial charge in [-0.25, -0.2) is 4.79 Å². The molecule has 2 heterocycles. The Morgan fingerprint density at radius 1 is 1.20 bits per heavy atom. The number of nitrogens with zero attached hydrogens (tertiary/aromatic N) is 2. The fourth-order valence-electron chi connectivity index (χ4n) is 2.72. The second kappa shape index (κ2) is 5.60. The van der Waals surface area contributed by atoms with Crippen LogP contribution in [0, 0.1) is 0 Å². The van der Waals surface area contributed by atoms with Gasteiger partial charge in [0.2, 0.25) is 5.91 Å².